The summed E-state index contributed by atoms with van der Waals surface area (Å²) in [6.07, 6.45) is 1.70. The number of halogens is 2. The van der Waals surface area contributed by atoms with Crippen LogP contribution in [-0.2, 0) is 13.0 Å². The van der Waals surface area contributed by atoms with Crippen LogP contribution in [0.2, 0.25) is 0 Å². The molecule has 5 nitrogen and oxygen atoms in total. The van der Waals surface area contributed by atoms with Crippen molar-refractivity contribution in [2.45, 2.75) is 38.4 Å². The second-order valence-electron chi connectivity index (χ2n) is 6.34. The molecule has 3 rings (SSSR count). The highest BCUT2D eigenvalue weighted by Crippen LogP contribution is 2.20. The van der Waals surface area contributed by atoms with Crippen molar-refractivity contribution in [3.05, 3.63) is 52.0 Å². The number of hydrogen-bond acceptors (Lipinski definition) is 5. The van der Waals surface area contributed by atoms with Gasteiger partial charge in [-0.3, -0.25) is 9.69 Å². The Bertz CT molecular complexity index is 683. The van der Waals surface area contributed by atoms with Crippen LogP contribution in [0.25, 0.3) is 0 Å². The van der Waals surface area contributed by atoms with Crippen LogP contribution in [0, 0.1) is 0 Å². The van der Waals surface area contributed by atoms with Crippen molar-refractivity contribution in [1.82, 2.24) is 15.2 Å². The molecule has 1 saturated heterocycles. The molecule has 2 atom stereocenters. The van der Waals surface area contributed by atoms with E-state index in [4.69, 9.17) is 5.73 Å². The Kier molecular flexibility index (Phi) is 9.54. The molecule has 1 aliphatic rings. The highest BCUT2D eigenvalue weighted by atomic mass is 35.5. The monoisotopic (exact) mass is 416 g/mol. The third-order valence-corrected chi connectivity index (χ3v) is 5.32. The number of benzene rings is 1. The molecule has 8 heteroatoms. The maximum absolute atomic E-state index is 12.4. The molecule has 1 aromatic carbocycles. The number of carbonyl (C=O) groups is 1. The smallest absolute Gasteiger partial charge is 0.271 e. The Morgan fingerprint density at radius 3 is 2.77 bits per heavy atom. The van der Waals surface area contributed by atoms with Crippen LogP contribution >= 0.6 is 36.2 Å². The fourth-order valence-electron chi connectivity index (χ4n) is 3.15. The zero-order valence-corrected chi connectivity index (χ0v) is 17.2. The molecule has 1 fully saturated rings. The fourth-order valence-corrected chi connectivity index (χ4v) is 3.95. The van der Waals surface area contributed by atoms with E-state index in [2.05, 4.69) is 46.4 Å². The summed E-state index contributed by atoms with van der Waals surface area (Å²) in [5.41, 5.74) is 7.35. The normalized spacial score (nSPS) is 19.5. The van der Waals surface area contributed by atoms with Gasteiger partial charge in [-0.2, -0.15) is 0 Å². The van der Waals surface area contributed by atoms with Crippen LogP contribution < -0.4 is 11.1 Å². The summed E-state index contributed by atoms with van der Waals surface area (Å²) < 4.78 is 0. The Morgan fingerprint density at radius 2 is 2.08 bits per heavy atom. The van der Waals surface area contributed by atoms with Gasteiger partial charge in [-0.15, -0.1) is 36.2 Å². The van der Waals surface area contributed by atoms with Gasteiger partial charge in [-0.25, -0.2) is 4.98 Å². The number of rotatable bonds is 6. The van der Waals surface area contributed by atoms with E-state index >= 15 is 0 Å². The minimum atomic E-state index is -0.0757. The van der Waals surface area contributed by atoms with Gasteiger partial charge in [0.15, 0.2) is 0 Å². The lowest BCUT2D eigenvalue weighted by Crippen LogP contribution is -2.37. The Hall–Kier alpha value is -1.18. The van der Waals surface area contributed by atoms with Crippen LogP contribution in [0.4, 0.5) is 0 Å². The Morgan fingerprint density at radius 1 is 1.35 bits per heavy atom. The number of nitrogens with two attached hydrogens (primary N) is 1. The number of hydrogen-bond donors (Lipinski definition) is 2. The summed E-state index contributed by atoms with van der Waals surface area (Å²) in [6, 6.07) is 11.1. The average Bonchev–Trinajstić information content (AvgIpc) is 3.16. The summed E-state index contributed by atoms with van der Waals surface area (Å²) in [4.78, 5) is 19.2. The van der Waals surface area contributed by atoms with Crippen LogP contribution in [0.5, 0.6) is 0 Å². The number of carbonyl (C=O) groups excluding carboxylic acids is 1. The third kappa shape index (κ3) is 5.93. The average molecular weight is 417 g/mol. The highest BCUT2D eigenvalue weighted by Gasteiger charge is 2.30. The molecule has 1 aromatic heterocycles. The van der Waals surface area contributed by atoms with Crippen molar-refractivity contribution < 1.29 is 4.79 Å². The van der Waals surface area contributed by atoms with E-state index in [1.807, 2.05) is 11.4 Å². The van der Waals surface area contributed by atoms with E-state index in [9.17, 15) is 4.79 Å². The topological polar surface area (TPSA) is 71.2 Å². The lowest BCUT2D eigenvalue weighted by molar-refractivity contribution is 0.0933. The molecular weight excluding hydrogens is 391 g/mol. The molecule has 2 aromatic rings. The third-order valence-electron chi connectivity index (χ3n) is 4.41. The zero-order valence-electron chi connectivity index (χ0n) is 14.8. The number of nitrogens with one attached hydrogen (secondary N) is 1. The molecule has 0 spiro atoms. The molecule has 1 aliphatic heterocycles. The van der Waals surface area contributed by atoms with Gasteiger partial charge in [0.05, 0.1) is 5.01 Å². The van der Waals surface area contributed by atoms with Crippen LogP contribution in [0.1, 0.15) is 34.4 Å². The van der Waals surface area contributed by atoms with Crippen molar-refractivity contribution in [2.75, 3.05) is 13.1 Å². The molecule has 0 aliphatic carbocycles. The maximum Gasteiger partial charge on any atom is 0.271 e. The predicted octanol–water partition coefficient (Wildman–Crippen LogP) is 2.88. The van der Waals surface area contributed by atoms with Gasteiger partial charge in [-0.05, 0) is 25.5 Å². The SMILES string of the molecule is CC1CC(NC(=O)c2csc(CCN)n2)CN1Cc1ccccc1.Cl.Cl. The van der Waals surface area contributed by atoms with Crippen molar-refractivity contribution in [3.8, 4) is 0 Å². The van der Waals surface area contributed by atoms with Crippen molar-refractivity contribution in [2.24, 2.45) is 5.73 Å². The lowest BCUT2D eigenvalue weighted by Gasteiger charge is -2.20. The van der Waals surface area contributed by atoms with Gasteiger partial charge in [0.25, 0.3) is 5.91 Å². The zero-order chi connectivity index (χ0) is 16.9. The summed E-state index contributed by atoms with van der Waals surface area (Å²) in [6.45, 7) is 4.58. The van der Waals surface area contributed by atoms with E-state index in [0.29, 0.717) is 18.3 Å². The van der Waals surface area contributed by atoms with E-state index in [1.54, 1.807) is 0 Å². The minimum Gasteiger partial charge on any atom is -0.347 e. The quantitative estimate of drug-likeness (QED) is 0.758. The molecule has 144 valence electrons. The van der Waals surface area contributed by atoms with E-state index in [1.165, 1.54) is 16.9 Å². The van der Waals surface area contributed by atoms with E-state index in [0.717, 1.165) is 30.9 Å². The Labute approximate surface area is 171 Å². The first-order chi connectivity index (χ1) is 11.7. The molecular formula is C18H26Cl2N4OS. The molecule has 2 heterocycles. The fraction of sp³-hybridized carbons (Fsp3) is 0.444. The van der Waals surface area contributed by atoms with Gasteiger partial charge >= 0.3 is 0 Å². The summed E-state index contributed by atoms with van der Waals surface area (Å²) in [5, 5.41) is 5.87. The van der Waals surface area contributed by atoms with Crippen LogP contribution in [0.3, 0.4) is 0 Å². The number of likely N-dealkylation sites (tertiary alicyclic amines) is 1. The number of nitrogens with zero attached hydrogens (tertiary/aromatic N) is 2. The summed E-state index contributed by atoms with van der Waals surface area (Å²) in [7, 11) is 0. The van der Waals surface area contributed by atoms with E-state index < -0.39 is 0 Å². The molecule has 26 heavy (non-hydrogen) atoms. The van der Waals surface area contributed by atoms with Gasteiger partial charge in [0, 0.05) is 37.0 Å². The maximum atomic E-state index is 12.4. The second kappa shape index (κ2) is 10.8. The highest BCUT2D eigenvalue weighted by molar-refractivity contribution is 7.09. The van der Waals surface area contributed by atoms with Crippen molar-refractivity contribution in [1.29, 1.82) is 0 Å². The van der Waals surface area contributed by atoms with Crippen molar-refractivity contribution in [3.63, 3.8) is 0 Å². The molecule has 0 bridgehead atoms. The molecule has 0 saturated carbocycles. The van der Waals surface area contributed by atoms with Gasteiger partial charge in [-0.1, -0.05) is 30.3 Å². The van der Waals surface area contributed by atoms with Gasteiger partial charge in [0.1, 0.15) is 5.69 Å². The first kappa shape index (κ1) is 22.9. The van der Waals surface area contributed by atoms with Crippen LogP contribution in [-0.4, -0.2) is 41.0 Å². The number of amides is 1. The lowest BCUT2D eigenvalue weighted by atomic mass is 10.2. The molecule has 2 unspecified atom stereocenters. The van der Waals surface area contributed by atoms with Gasteiger partial charge in [0.2, 0.25) is 0 Å². The van der Waals surface area contributed by atoms with Crippen LogP contribution in [0.15, 0.2) is 35.7 Å². The standard InChI is InChI=1S/C18H24N4OS.2ClH/c1-13-9-15(11-22(13)10-14-5-3-2-4-6-14)20-18(23)16-12-24-17(21-16)7-8-19;;/h2-6,12-13,15H,7-11,19H2,1H3,(H,20,23);2*1H. The second-order valence-corrected chi connectivity index (χ2v) is 7.28. The van der Waals surface area contributed by atoms with E-state index in [-0.39, 0.29) is 36.8 Å². The molecule has 3 N–H and O–H groups in total. The largest absolute Gasteiger partial charge is 0.347 e. The minimum absolute atomic E-state index is 0. The molecule has 0 radical (unpaired) electrons. The first-order valence-corrected chi connectivity index (χ1v) is 9.27. The van der Waals surface area contributed by atoms with Crippen molar-refractivity contribution >= 4 is 42.1 Å². The number of thiazole rings is 1. The summed E-state index contributed by atoms with van der Waals surface area (Å²) >= 11 is 1.50. The first-order valence-electron chi connectivity index (χ1n) is 8.39. The molecule has 1 amide bonds. The number of aromatic nitrogens is 1. The van der Waals surface area contributed by atoms with Gasteiger partial charge < -0.3 is 11.1 Å². The predicted molar refractivity (Wildman–Crippen MR) is 112 cm³/mol. The summed E-state index contributed by atoms with van der Waals surface area (Å²) in [5.74, 6) is -0.0757. The Balaban J connectivity index is 0.00000169.